The Bertz CT molecular complexity index is 464. The highest BCUT2D eigenvalue weighted by Crippen LogP contribution is 2.11. The van der Waals surface area contributed by atoms with E-state index in [1.165, 1.54) is 11.3 Å². The zero-order valence-electron chi connectivity index (χ0n) is 11.0. The molecular weight excluding hydrogens is 224 g/mol. The molecule has 1 atom stereocenters. The summed E-state index contributed by atoms with van der Waals surface area (Å²) in [6.07, 6.45) is 6.67. The van der Waals surface area contributed by atoms with Crippen molar-refractivity contribution in [3.8, 4) is 0 Å². The first-order chi connectivity index (χ1) is 8.81. The average Bonchev–Trinajstić information content (AvgIpc) is 2.85. The zero-order chi connectivity index (χ0) is 12.8. The van der Waals surface area contributed by atoms with E-state index in [-0.39, 0.29) is 0 Å². The highest BCUT2D eigenvalue weighted by Gasteiger charge is 2.06. The Kier molecular flexibility index (Phi) is 4.47. The van der Waals surface area contributed by atoms with Gasteiger partial charge in [-0.15, -0.1) is 0 Å². The van der Waals surface area contributed by atoms with Gasteiger partial charge >= 0.3 is 0 Å². The molecule has 2 aromatic rings. The molecule has 2 aromatic heterocycles. The van der Waals surface area contributed by atoms with Crippen LogP contribution in [-0.2, 0) is 13.1 Å². The van der Waals surface area contributed by atoms with Gasteiger partial charge in [-0.2, -0.15) is 5.10 Å². The molecule has 2 heterocycles. The van der Waals surface area contributed by atoms with Crippen LogP contribution in [0.5, 0.6) is 0 Å². The molecule has 0 saturated heterocycles. The molecule has 0 spiro atoms. The predicted molar refractivity (Wildman–Crippen MR) is 72.0 cm³/mol. The molecule has 0 radical (unpaired) electrons. The number of hydrogen-bond donors (Lipinski definition) is 1. The third-order valence-electron chi connectivity index (χ3n) is 3.01. The molecule has 4 nitrogen and oxygen atoms in total. The largest absolute Gasteiger partial charge is 0.305 e. The van der Waals surface area contributed by atoms with Gasteiger partial charge in [0.25, 0.3) is 0 Å². The average molecular weight is 244 g/mol. The van der Waals surface area contributed by atoms with Crippen LogP contribution in [0.2, 0.25) is 0 Å². The van der Waals surface area contributed by atoms with Gasteiger partial charge in [0.1, 0.15) is 0 Å². The first-order valence-electron chi connectivity index (χ1n) is 6.45. The third kappa shape index (κ3) is 3.17. The SMILES string of the molecule is CCCn1nccc1CN[C@H](C)c1cccnc1. The molecule has 0 amide bonds. The van der Waals surface area contributed by atoms with Gasteiger partial charge in [-0.25, -0.2) is 0 Å². The van der Waals surface area contributed by atoms with Crippen LogP contribution in [0.3, 0.4) is 0 Å². The number of aromatic nitrogens is 3. The highest BCUT2D eigenvalue weighted by atomic mass is 15.3. The lowest BCUT2D eigenvalue weighted by molar-refractivity contribution is 0.516. The maximum atomic E-state index is 4.32. The van der Waals surface area contributed by atoms with E-state index < -0.39 is 0 Å². The van der Waals surface area contributed by atoms with Crippen molar-refractivity contribution in [3.05, 3.63) is 48.0 Å². The molecule has 0 aliphatic heterocycles. The number of hydrogen-bond acceptors (Lipinski definition) is 3. The molecule has 4 heteroatoms. The first-order valence-corrected chi connectivity index (χ1v) is 6.45. The van der Waals surface area contributed by atoms with Crippen LogP contribution >= 0.6 is 0 Å². The Morgan fingerprint density at radius 1 is 1.33 bits per heavy atom. The fourth-order valence-corrected chi connectivity index (χ4v) is 1.93. The van der Waals surface area contributed by atoms with E-state index in [1.807, 2.05) is 18.5 Å². The van der Waals surface area contributed by atoms with Crippen molar-refractivity contribution in [3.63, 3.8) is 0 Å². The summed E-state index contributed by atoms with van der Waals surface area (Å²) in [4.78, 5) is 4.14. The van der Waals surface area contributed by atoms with Crippen LogP contribution in [0.4, 0.5) is 0 Å². The summed E-state index contributed by atoms with van der Waals surface area (Å²) in [6, 6.07) is 6.42. The summed E-state index contributed by atoms with van der Waals surface area (Å²) in [5.74, 6) is 0. The minimum atomic E-state index is 0.295. The Morgan fingerprint density at radius 2 is 2.22 bits per heavy atom. The van der Waals surface area contributed by atoms with E-state index in [1.54, 1.807) is 6.20 Å². The smallest absolute Gasteiger partial charge is 0.0522 e. The Balaban J connectivity index is 1.93. The van der Waals surface area contributed by atoms with E-state index in [0.717, 1.165) is 19.5 Å². The van der Waals surface area contributed by atoms with Crippen LogP contribution < -0.4 is 5.32 Å². The van der Waals surface area contributed by atoms with Crippen LogP contribution in [-0.4, -0.2) is 14.8 Å². The van der Waals surface area contributed by atoms with E-state index in [9.17, 15) is 0 Å². The van der Waals surface area contributed by atoms with Gasteiger partial charge < -0.3 is 5.32 Å². The Labute approximate surface area is 108 Å². The molecule has 0 bridgehead atoms. The third-order valence-corrected chi connectivity index (χ3v) is 3.01. The molecule has 0 fully saturated rings. The van der Waals surface area contributed by atoms with Gasteiger partial charge in [0.15, 0.2) is 0 Å². The van der Waals surface area contributed by atoms with Crippen molar-refractivity contribution in [2.75, 3.05) is 0 Å². The fraction of sp³-hybridized carbons (Fsp3) is 0.429. The van der Waals surface area contributed by atoms with Crippen LogP contribution in [0.25, 0.3) is 0 Å². The molecular formula is C14H20N4. The molecule has 96 valence electrons. The standard InChI is InChI=1S/C14H20N4/c1-3-9-18-14(6-8-17-18)11-16-12(2)13-5-4-7-15-10-13/h4-8,10,12,16H,3,9,11H2,1-2H3/t12-/m1/s1. The summed E-state index contributed by atoms with van der Waals surface area (Å²) < 4.78 is 2.06. The van der Waals surface area contributed by atoms with Crippen molar-refractivity contribution in [2.45, 2.75) is 39.4 Å². The van der Waals surface area contributed by atoms with Crippen LogP contribution in [0.1, 0.15) is 37.6 Å². The second-order valence-corrected chi connectivity index (χ2v) is 4.43. The van der Waals surface area contributed by atoms with Crippen molar-refractivity contribution in [1.82, 2.24) is 20.1 Å². The molecule has 0 unspecified atom stereocenters. The second kappa shape index (κ2) is 6.31. The quantitative estimate of drug-likeness (QED) is 0.849. The van der Waals surface area contributed by atoms with Crippen molar-refractivity contribution in [1.29, 1.82) is 0 Å². The minimum absolute atomic E-state index is 0.295. The lowest BCUT2D eigenvalue weighted by atomic mass is 10.1. The van der Waals surface area contributed by atoms with E-state index in [0.29, 0.717) is 6.04 Å². The van der Waals surface area contributed by atoms with Crippen molar-refractivity contribution >= 4 is 0 Å². The molecule has 0 saturated carbocycles. The zero-order valence-corrected chi connectivity index (χ0v) is 11.0. The predicted octanol–water partition coefficient (Wildman–Crippen LogP) is 2.54. The van der Waals surface area contributed by atoms with Gasteiger partial charge in [0, 0.05) is 37.7 Å². The van der Waals surface area contributed by atoms with Crippen LogP contribution in [0, 0.1) is 0 Å². The molecule has 0 aliphatic carbocycles. The lowest BCUT2D eigenvalue weighted by Crippen LogP contribution is -2.20. The molecule has 0 aromatic carbocycles. The van der Waals surface area contributed by atoms with Gasteiger partial charge in [0.2, 0.25) is 0 Å². The summed E-state index contributed by atoms with van der Waals surface area (Å²) in [5.41, 5.74) is 2.44. The summed E-state index contributed by atoms with van der Waals surface area (Å²) in [5, 5.41) is 7.82. The summed E-state index contributed by atoms with van der Waals surface area (Å²) in [7, 11) is 0. The topological polar surface area (TPSA) is 42.7 Å². The van der Waals surface area contributed by atoms with E-state index >= 15 is 0 Å². The number of aryl methyl sites for hydroxylation is 1. The number of pyridine rings is 1. The highest BCUT2D eigenvalue weighted by molar-refractivity contribution is 5.13. The van der Waals surface area contributed by atoms with Crippen molar-refractivity contribution < 1.29 is 0 Å². The molecule has 18 heavy (non-hydrogen) atoms. The fourth-order valence-electron chi connectivity index (χ4n) is 1.93. The summed E-state index contributed by atoms with van der Waals surface area (Å²) in [6.45, 7) is 6.12. The van der Waals surface area contributed by atoms with Crippen molar-refractivity contribution in [2.24, 2.45) is 0 Å². The Morgan fingerprint density at radius 3 is 2.94 bits per heavy atom. The van der Waals surface area contributed by atoms with Gasteiger partial charge in [-0.3, -0.25) is 9.67 Å². The minimum Gasteiger partial charge on any atom is -0.305 e. The van der Waals surface area contributed by atoms with Gasteiger partial charge in [-0.1, -0.05) is 13.0 Å². The monoisotopic (exact) mass is 244 g/mol. The molecule has 2 rings (SSSR count). The number of nitrogens with one attached hydrogen (secondary N) is 1. The molecule has 0 aliphatic rings. The second-order valence-electron chi connectivity index (χ2n) is 4.43. The van der Waals surface area contributed by atoms with Gasteiger partial charge in [0.05, 0.1) is 5.69 Å². The number of rotatable bonds is 6. The van der Waals surface area contributed by atoms with E-state index in [4.69, 9.17) is 0 Å². The van der Waals surface area contributed by atoms with Crippen LogP contribution in [0.15, 0.2) is 36.8 Å². The first kappa shape index (κ1) is 12.8. The maximum Gasteiger partial charge on any atom is 0.0522 e. The summed E-state index contributed by atoms with van der Waals surface area (Å²) >= 11 is 0. The normalized spacial score (nSPS) is 12.6. The number of nitrogens with zero attached hydrogens (tertiary/aromatic N) is 3. The molecule has 1 N–H and O–H groups in total. The van der Waals surface area contributed by atoms with E-state index in [2.05, 4.69) is 46.1 Å². The van der Waals surface area contributed by atoms with Gasteiger partial charge in [-0.05, 0) is 31.0 Å². The maximum absolute atomic E-state index is 4.32. The Hall–Kier alpha value is -1.68. The lowest BCUT2D eigenvalue weighted by Gasteiger charge is -2.14.